The van der Waals surface area contributed by atoms with E-state index < -0.39 is 0 Å². The Morgan fingerprint density at radius 2 is 1.95 bits per heavy atom. The summed E-state index contributed by atoms with van der Waals surface area (Å²) in [4.78, 5) is 9.67. The van der Waals surface area contributed by atoms with Crippen molar-refractivity contribution >= 4 is 6.21 Å². The molecule has 1 fully saturated rings. The highest BCUT2D eigenvalue weighted by Gasteiger charge is 2.32. The second-order valence-corrected chi connectivity index (χ2v) is 5.98. The molecule has 1 saturated heterocycles. The third-order valence-electron chi connectivity index (χ3n) is 4.84. The summed E-state index contributed by atoms with van der Waals surface area (Å²) in [6, 6.07) is 0. The molecule has 0 N–H and O–H groups in total. The van der Waals surface area contributed by atoms with Gasteiger partial charge >= 0.3 is 0 Å². The van der Waals surface area contributed by atoms with E-state index in [1.54, 1.807) is 0 Å². The average Bonchev–Trinajstić information content (AvgIpc) is 2.89. The summed E-state index contributed by atoms with van der Waals surface area (Å²) in [5.74, 6) is 0.912. The van der Waals surface area contributed by atoms with Crippen LogP contribution in [0.3, 0.4) is 0 Å². The van der Waals surface area contributed by atoms with Crippen LogP contribution in [0.25, 0.3) is 0 Å². The lowest BCUT2D eigenvalue weighted by Gasteiger charge is -2.40. The van der Waals surface area contributed by atoms with E-state index in [2.05, 4.69) is 47.7 Å². The third kappa shape index (κ3) is 3.67. The monoisotopic (exact) mass is 263 g/mol. The molecule has 2 aliphatic heterocycles. The highest BCUT2D eigenvalue weighted by atomic mass is 15.3. The molecule has 0 aromatic rings. The molecule has 1 atom stereocenters. The van der Waals surface area contributed by atoms with E-state index in [1.165, 1.54) is 52.0 Å². The van der Waals surface area contributed by atoms with Gasteiger partial charge in [0.1, 0.15) is 5.66 Å². The van der Waals surface area contributed by atoms with Crippen molar-refractivity contribution in [1.29, 1.82) is 0 Å². The minimum atomic E-state index is -0.0517. The molecule has 2 heterocycles. The largest absolute Gasteiger partial charge is 0.304 e. The van der Waals surface area contributed by atoms with Gasteiger partial charge in [0.05, 0.1) is 0 Å². The Kier molecular flexibility index (Phi) is 5.17. The highest BCUT2D eigenvalue weighted by molar-refractivity contribution is 5.75. The Morgan fingerprint density at radius 1 is 1.26 bits per heavy atom. The molecule has 0 aromatic heterocycles. The van der Waals surface area contributed by atoms with Gasteiger partial charge in [-0.05, 0) is 63.9 Å². The highest BCUT2D eigenvalue weighted by Crippen LogP contribution is 2.29. The van der Waals surface area contributed by atoms with E-state index >= 15 is 0 Å². The zero-order valence-electron chi connectivity index (χ0n) is 12.8. The van der Waals surface area contributed by atoms with Crippen molar-refractivity contribution in [3.05, 3.63) is 12.2 Å². The van der Waals surface area contributed by atoms with E-state index in [1.807, 2.05) is 6.21 Å². The number of piperidine rings is 1. The van der Waals surface area contributed by atoms with E-state index in [4.69, 9.17) is 0 Å². The smallest absolute Gasteiger partial charge is 0.129 e. The van der Waals surface area contributed by atoms with Crippen LogP contribution in [0.2, 0.25) is 0 Å². The summed E-state index contributed by atoms with van der Waals surface area (Å²) in [6.45, 7) is 12.8. The Morgan fingerprint density at radius 3 is 2.47 bits per heavy atom. The molecule has 0 amide bonds. The summed E-state index contributed by atoms with van der Waals surface area (Å²) in [5, 5.41) is 0. The molecule has 0 aliphatic carbocycles. The molecule has 0 aromatic carbocycles. The molecule has 2 aliphatic rings. The minimum Gasteiger partial charge on any atom is -0.304 e. The molecule has 0 bridgehead atoms. The summed E-state index contributed by atoms with van der Waals surface area (Å²) in [6.07, 6.45) is 10.3. The first kappa shape index (κ1) is 14.7. The number of hydrogen-bond acceptors (Lipinski definition) is 3. The summed E-state index contributed by atoms with van der Waals surface area (Å²) in [5.41, 5.74) is -0.0517. The van der Waals surface area contributed by atoms with Crippen molar-refractivity contribution < 1.29 is 0 Å². The van der Waals surface area contributed by atoms with Crippen LogP contribution in [0.5, 0.6) is 0 Å². The molecule has 0 saturated carbocycles. The van der Waals surface area contributed by atoms with Gasteiger partial charge in [-0.3, -0.25) is 9.89 Å². The molecule has 0 spiro atoms. The lowest BCUT2D eigenvalue weighted by molar-refractivity contribution is 0.0954. The summed E-state index contributed by atoms with van der Waals surface area (Å²) >= 11 is 0. The van der Waals surface area contributed by atoms with Crippen molar-refractivity contribution in [3.8, 4) is 0 Å². The molecule has 108 valence electrons. The standard InChI is InChI=1S/C16H29N3/c1-4-18(5-2)12-7-15-8-13-19(14-9-15)16(3)10-6-11-17-16/h6,10-11,15H,4-5,7-9,12-14H2,1-3H3. The fourth-order valence-corrected chi connectivity index (χ4v) is 3.23. The maximum absolute atomic E-state index is 4.60. The molecule has 3 nitrogen and oxygen atoms in total. The average molecular weight is 263 g/mol. The minimum absolute atomic E-state index is 0.0517. The van der Waals surface area contributed by atoms with Gasteiger partial charge in [0, 0.05) is 19.3 Å². The maximum Gasteiger partial charge on any atom is 0.129 e. The number of hydrogen-bond donors (Lipinski definition) is 0. The second-order valence-electron chi connectivity index (χ2n) is 5.98. The zero-order valence-corrected chi connectivity index (χ0v) is 12.8. The van der Waals surface area contributed by atoms with E-state index in [-0.39, 0.29) is 5.66 Å². The molecule has 2 rings (SSSR count). The van der Waals surface area contributed by atoms with Gasteiger partial charge < -0.3 is 4.90 Å². The number of nitrogens with zero attached hydrogens (tertiary/aromatic N) is 3. The maximum atomic E-state index is 4.60. The van der Waals surface area contributed by atoms with Gasteiger partial charge in [-0.25, -0.2) is 0 Å². The van der Waals surface area contributed by atoms with Gasteiger partial charge in [0.15, 0.2) is 0 Å². The second kappa shape index (κ2) is 6.67. The van der Waals surface area contributed by atoms with Crippen LogP contribution in [0.15, 0.2) is 17.1 Å². The summed E-state index contributed by atoms with van der Waals surface area (Å²) in [7, 11) is 0. The van der Waals surface area contributed by atoms with Crippen LogP contribution in [0.1, 0.15) is 40.0 Å². The lowest BCUT2D eigenvalue weighted by atomic mass is 9.91. The molecule has 3 heteroatoms. The predicted molar refractivity (Wildman–Crippen MR) is 82.7 cm³/mol. The molecule has 0 radical (unpaired) electrons. The van der Waals surface area contributed by atoms with Crippen LogP contribution in [0, 0.1) is 5.92 Å². The van der Waals surface area contributed by atoms with Gasteiger partial charge in [0.25, 0.3) is 0 Å². The fraction of sp³-hybridized carbons (Fsp3) is 0.812. The van der Waals surface area contributed by atoms with Crippen molar-refractivity contribution in [2.75, 3.05) is 32.7 Å². The van der Waals surface area contributed by atoms with Crippen LogP contribution in [0.4, 0.5) is 0 Å². The van der Waals surface area contributed by atoms with Crippen molar-refractivity contribution in [2.24, 2.45) is 10.9 Å². The van der Waals surface area contributed by atoms with Crippen LogP contribution in [-0.4, -0.2) is 54.4 Å². The van der Waals surface area contributed by atoms with Gasteiger partial charge in [0.2, 0.25) is 0 Å². The first-order chi connectivity index (χ1) is 9.18. The SMILES string of the molecule is CCN(CC)CCC1CCN(C2(C)C=CC=N2)CC1. The van der Waals surface area contributed by atoms with Crippen molar-refractivity contribution in [3.63, 3.8) is 0 Å². The quantitative estimate of drug-likeness (QED) is 0.734. The van der Waals surface area contributed by atoms with Crippen molar-refractivity contribution in [2.45, 2.75) is 45.7 Å². The van der Waals surface area contributed by atoms with Crippen molar-refractivity contribution in [1.82, 2.24) is 9.80 Å². The van der Waals surface area contributed by atoms with E-state index in [0.29, 0.717) is 0 Å². The van der Waals surface area contributed by atoms with Crippen LogP contribution >= 0.6 is 0 Å². The van der Waals surface area contributed by atoms with Gasteiger partial charge in [-0.15, -0.1) is 0 Å². The summed E-state index contributed by atoms with van der Waals surface area (Å²) < 4.78 is 0. The molecular weight excluding hydrogens is 234 g/mol. The third-order valence-corrected chi connectivity index (χ3v) is 4.84. The topological polar surface area (TPSA) is 18.8 Å². The lowest BCUT2D eigenvalue weighted by Crippen LogP contribution is -2.47. The fourth-order valence-electron chi connectivity index (χ4n) is 3.23. The molecular formula is C16H29N3. The van der Waals surface area contributed by atoms with Gasteiger partial charge in [-0.2, -0.15) is 0 Å². The van der Waals surface area contributed by atoms with Crippen LogP contribution in [-0.2, 0) is 0 Å². The number of rotatable bonds is 6. The normalized spacial score (nSPS) is 28.6. The van der Waals surface area contributed by atoms with E-state index in [0.717, 1.165) is 5.92 Å². The van der Waals surface area contributed by atoms with Gasteiger partial charge in [-0.1, -0.05) is 13.8 Å². The number of allylic oxidation sites excluding steroid dienone is 1. The molecule has 19 heavy (non-hydrogen) atoms. The van der Waals surface area contributed by atoms with E-state index in [9.17, 15) is 0 Å². The Bertz CT molecular complexity index is 311. The Hall–Kier alpha value is -0.670. The predicted octanol–water partition coefficient (Wildman–Crippen LogP) is 2.79. The van der Waals surface area contributed by atoms with Crippen LogP contribution < -0.4 is 0 Å². The Labute approximate surface area is 118 Å². The first-order valence-electron chi connectivity index (χ1n) is 7.88. The zero-order chi connectivity index (χ0) is 13.7. The number of aliphatic imine (C=N–C) groups is 1. The Balaban J connectivity index is 1.73. The molecule has 1 unspecified atom stereocenters. The number of likely N-dealkylation sites (tertiary alicyclic amines) is 1. The first-order valence-corrected chi connectivity index (χ1v) is 7.88.